The number of ether oxygens (including phenoxy) is 2. The van der Waals surface area contributed by atoms with Gasteiger partial charge in [-0.2, -0.15) is 0 Å². The molecule has 1 N–H and O–H groups in total. The SMILES string of the molecule is COc1cc(C)c(C(C)NC(=O)N2CC(C)c3ccccc32)cc1OC. The van der Waals surface area contributed by atoms with Gasteiger partial charge in [-0.3, -0.25) is 4.90 Å². The molecule has 26 heavy (non-hydrogen) atoms. The fourth-order valence-electron chi connectivity index (χ4n) is 3.62. The molecule has 1 aliphatic rings. The summed E-state index contributed by atoms with van der Waals surface area (Å²) in [5.41, 5.74) is 4.27. The van der Waals surface area contributed by atoms with Gasteiger partial charge in [0.15, 0.2) is 11.5 Å². The highest BCUT2D eigenvalue weighted by Crippen LogP contribution is 2.36. The number of benzene rings is 2. The van der Waals surface area contributed by atoms with Crippen LogP contribution in [-0.4, -0.2) is 26.8 Å². The Morgan fingerprint density at radius 2 is 1.85 bits per heavy atom. The van der Waals surface area contributed by atoms with Crippen molar-refractivity contribution in [1.29, 1.82) is 0 Å². The topological polar surface area (TPSA) is 50.8 Å². The van der Waals surface area contributed by atoms with Gasteiger partial charge < -0.3 is 14.8 Å². The molecule has 2 atom stereocenters. The van der Waals surface area contributed by atoms with Gasteiger partial charge in [-0.05, 0) is 48.7 Å². The Balaban J connectivity index is 1.81. The van der Waals surface area contributed by atoms with Gasteiger partial charge >= 0.3 is 6.03 Å². The number of nitrogens with zero attached hydrogens (tertiary/aromatic N) is 1. The molecule has 2 aromatic carbocycles. The predicted octanol–water partition coefficient (Wildman–Crippen LogP) is 4.41. The number of anilines is 1. The first-order valence-electron chi connectivity index (χ1n) is 8.85. The maximum Gasteiger partial charge on any atom is 0.322 e. The molecule has 2 aromatic rings. The molecule has 5 nitrogen and oxygen atoms in total. The van der Waals surface area contributed by atoms with E-state index in [-0.39, 0.29) is 12.1 Å². The summed E-state index contributed by atoms with van der Waals surface area (Å²) in [6, 6.07) is 11.7. The van der Waals surface area contributed by atoms with E-state index in [1.165, 1.54) is 5.56 Å². The van der Waals surface area contributed by atoms with Gasteiger partial charge in [-0.25, -0.2) is 4.79 Å². The van der Waals surface area contributed by atoms with Crippen LogP contribution in [0, 0.1) is 6.92 Å². The van der Waals surface area contributed by atoms with Gasteiger partial charge in [-0.15, -0.1) is 0 Å². The van der Waals surface area contributed by atoms with Crippen LogP contribution in [0.3, 0.4) is 0 Å². The molecule has 0 aromatic heterocycles. The van der Waals surface area contributed by atoms with E-state index in [1.807, 2.05) is 49.1 Å². The van der Waals surface area contributed by atoms with Gasteiger partial charge in [0.2, 0.25) is 0 Å². The number of carbonyl (C=O) groups excluding carboxylic acids is 1. The van der Waals surface area contributed by atoms with Crippen LogP contribution in [0.25, 0.3) is 0 Å². The normalized spacial score (nSPS) is 16.8. The highest BCUT2D eigenvalue weighted by Gasteiger charge is 2.30. The summed E-state index contributed by atoms with van der Waals surface area (Å²) >= 11 is 0. The highest BCUT2D eigenvalue weighted by molar-refractivity contribution is 5.94. The zero-order valence-corrected chi connectivity index (χ0v) is 16.0. The summed E-state index contributed by atoms with van der Waals surface area (Å²) in [6.07, 6.45) is 0. The van der Waals surface area contributed by atoms with Crippen molar-refractivity contribution in [2.75, 3.05) is 25.7 Å². The van der Waals surface area contributed by atoms with E-state index in [9.17, 15) is 4.79 Å². The number of amides is 2. The number of fused-ring (bicyclic) bond motifs is 1. The van der Waals surface area contributed by atoms with Crippen molar-refractivity contribution in [1.82, 2.24) is 5.32 Å². The number of urea groups is 1. The van der Waals surface area contributed by atoms with E-state index in [4.69, 9.17) is 9.47 Å². The number of methoxy groups -OCH3 is 2. The summed E-state index contributed by atoms with van der Waals surface area (Å²) in [4.78, 5) is 14.7. The van der Waals surface area contributed by atoms with Crippen LogP contribution in [0.2, 0.25) is 0 Å². The lowest BCUT2D eigenvalue weighted by Crippen LogP contribution is -2.40. The second-order valence-electron chi connectivity index (χ2n) is 6.81. The van der Waals surface area contributed by atoms with E-state index in [0.717, 1.165) is 16.8 Å². The minimum Gasteiger partial charge on any atom is -0.493 e. The molecule has 0 saturated carbocycles. The van der Waals surface area contributed by atoms with Crippen molar-refractivity contribution in [3.05, 3.63) is 53.1 Å². The average Bonchev–Trinajstić information content (AvgIpc) is 2.98. The fraction of sp³-hybridized carbons (Fsp3) is 0.381. The first kappa shape index (κ1) is 18.1. The second-order valence-corrected chi connectivity index (χ2v) is 6.81. The lowest BCUT2D eigenvalue weighted by atomic mass is 10.0. The predicted molar refractivity (Wildman–Crippen MR) is 103 cm³/mol. The number of nitrogens with one attached hydrogen (secondary N) is 1. The van der Waals surface area contributed by atoms with Crippen LogP contribution in [0.5, 0.6) is 11.5 Å². The van der Waals surface area contributed by atoms with Crippen molar-refractivity contribution in [3.63, 3.8) is 0 Å². The first-order chi connectivity index (χ1) is 12.5. The molecular weight excluding hydrogens is 328 g/mol. The Kier molecular flexibility index (Phi) is 5.07. The summed E-state index contributed by atoms with van der Waals surface area (Å²) in [6.45, 7) is 6.83. The van der Waals surface area contributed by atoms with E-state index in [2.05, 4.69) is 18.3 Å². The fourth-order valence-corrected chi connectivity index (χ4v) is 3.62. The molecule has 1 heterocycles. The summed E-state index contributed by atoms with van der Waals surface area (Å²) in [7, 11) is 3.23. The molecule has 3 rings (SSSR count). The number of para-hydroxylation sites is 1. The van der Waals surface area contributed by atoms with Gasteiger partial charge in [0.05, 0.1) is 20.3 Å². The van der Waals surface area contributed by atoms with Crippen molar-refractivity contribution < 1.29 is 14.3 Å². The smallest absolute Gasteiger partial charge is 0.322 e. The zero-order valence-electron chi connectivity index (χ0n) is 16.0. The molecule has 5 heteroatoms. The maximum atomic E-state index is 12.9. The molecule has 0 aliphatic carbocycles. The summed E-state index contributed by atoms with van der Waals surface area (Å²) < 4.78 is 10.7. The van der Waals surface area contributed by atoms with Gasteiger partial charge in [-0.1, -0.05) is 25.1 Å². The van der Waals surface area contributed by atoms with Crippen molar-refractivity contribution in [2.24, 2.45) is 0 Å². The Bertz CT molecular complexity index is 819. The van der Waals surface area contributed by atoms with Crippen LogP contribution in [0.4, 0.5) is 10.5 Å². The summed E-state index contributed by atoms with van der Waals surface area (Å²) in [5.74, 6) is 1.69. The third-order valence-electron chi connectivity index (χ3n) is 5.04. The number of hydrogen-bond donors (Lipinski definition) is 1. The molecule has 0 spiro atoms. The van der Waals surface area contributed by atoms with Gasteiger partial charge in [0.25, 0.3) is 0 Å². The second kappa shape index (κ2) is 7.28. The highest BCUT2D eigenvalue weighted by atomic mass is 16.5. The Labute approximate surface area is 154 Å². The molecule has 0 radical (unpaired) electrons. The molecule has 0 bridgehead atoms. The number of aryl methyl sites for hydroxylation is 1. The third kappa shape index (κ3) is 3.21. The molecule has 0 fully saturated rings. The Morgan fingerprint density at radius 1 is 1.19 bits per heavy atom. The molecule has 1 aliphatic heterocycles. The van der Waals surface area contributed by atoms with Gasteiger partial charge in [0, 0.05) is 18.2 Å². The minimum atomic E-state index is -0.148. The standard InChI is InChI=1S/C21H26N2O3/c1-13-10-19(25-4)20(26-5)11-17(13)15(3)22-21(24)23-12-14(2)16-8-6-7-9-18(16)23/h6-11,14-15H,12H2,1-5H3,(H,22,24). The van der Waals surface area contributed by atoms with Crippen molar-refractivity contribution in [2.45, 2.75) is 32.7 Å². The van der Waals surface area contributed by atoms with E-state index >= 15 is 0 Å². The van der Waals surface area contributed by atoms with Crippen molar-refractivity contribution in [3.8, 4) is 11.5 Å². The molecular formula is C21H26N2O3. The van der Waals surface area contributed by atoms with Crippen LogP contribution >= 0.6 is 0 Å². The Morgan fingerprint density at radius 3 is 2.54 bits per heavy atom. The lowest BCUT2D eigenvalue weighted by molar-refractivity contribution is 0.243. The third-order valence-corrected chi connectivity index (χ3v) is 5.04. The van der Waals surface area contributed by atoms with Crippen LogP contribution in [0.1, 0.15) is 42.5 Å². The zero-order chi connectivity index (χ0) is 18.8. The number of rotatable bonds is 4. The average molecular weight is 354 g/mol. The number of hydrogen-bond acceptors (Lipinski definition) is 3. The first-order valence-corrected chi connectivity index (χ1v) is 8.85. The summed E-state index contributed by atoms with van der Waals surface area (Å²) in [5, 5.41) is 3.12. The van der Waals surface area contributed by atoms with Gasteiger partial charge in [0.1, 0.15) is 0 Å². The van der Waals surface area contributed by atoms with E-state index < -0.39 is 0 Å². The number of carbonyl (C=O) groups is 1. The monoisotopic (exact) mass is 354 g/mol. The van der Waals surface area contributed by atoms with Crippen LogP contribution in [0.15, 0.2) is 36.4 Å². The minimum absolute atomic E-state index is 0.0801. The van der Waals surface area contributed by atoms with Crippen LogP contribution in [-0.2, 0) is 0 Å². The quantitative estimate of drug-likeness (QED) is 0.885. The molecule has 2 unspecified atom stereocenters. The van der Waals surface area contributed by atoms with E-state index in [0.29, 0.717) is 24.0 Å². The maximum absolute atomic E-state index is 12.9. The van der Waals surface area contributed by atoms with E-state index in [1.54, 1.807) is 14.2 Å². The molecule has 138 valence electrons. The Hall–Kier alpha value is -2.69. The molecule has 0 saturated heterocycles. The molecule has 2 amide bonds. The van der Waals surface area contributed by atoms with Crippen LogP contribution < -0.4 is 19.7 Å². The largest absolute Gasteiger partial charge is 0.493 e. The lowest BCUT2D eigenvalue weighted by Gasteiger charge is -2.23. The van der Waals surface area contributed by atoms with Crippen molar-refractivity contribution >= 4 is 11.7 Å².